The lowest BCUT2D eigenvalue weighted by Crippen LogP contribution is -2.35. The fraction of sp³-hybridized carbons (Fsp3) is 0.533. The molecule has 7 heteroatoms. The lowest BCUT2D eigenvalue weighted by atomic mass is 9.67. The third kappa shape index (κ3) is 5.14. The van der Waals surface area contributed by atoms with Crippen LogP contribution in [0, 0.1) is 23.7 Å². The van der Waals surface area contributed by atoms with Gasteiger partial charge < -0.3 is 14.3 Å². The van der Waals surface area contributed by atoms with E-state index in [0.717, 1.165) is 36.3 Å². The van der Waals surface area contributed by atoms with Crippen molar-refractivity contribution in [2.75, 3.05) is 6.61 Å². The van der Waals surface area contributed by atoms with Gasteiger partial charge in [-0.25, -0.2) is 0 Å². The molecule has 1 N–H and O–H groups in total. The molecular formula is C30H37NO5S. The molecule has 0 bridgehead atoms. The van der Waals surface area contributed by atoms with Crippen molar-refractivity contribution in [1.82, 2.24) is 4.90 Å². The van der Waals surface area contributed by atoms with Crippen molar-refractivity contribution in [3.8, 4) is 0 Å². The van der Waals surface area contributed by atoms with E-state index in [1.807, 2.05) is 23.6 Å². The van der Waals surface area contributed by atoms with Crippen LogP contribution in [0.3, 0.4) is 0 Å². The first-order valence-electron chi connectivity index (χ1n) is 13.5. The predicted octanol–water partition coefficient (Wildman–Crippen LogP) is 5.97. The normalized spacial score (nSPS) is 26.0. The van der Waals surface area contributed by atoms with E-state index in [2.05, 4.69) is 26.8 Å². The molecule has 4 heterocycles. The lowest BCUT2D eigenvalue weighted by molar-refractivity contribution is -0.140. The number of hydrogen-bond donors (Lipinski definition) is 1. The number of carbonyl (C=O) groups is 2. The first-order valence-corrected chi connectivity index (χ1v) is 14.4. The molecule has 2 amide bonds. The van der Waals surface area contributed by atoms with Crippen LogP contribution in [0.4, 0.5) is 0 Å². The van der Waals surface area contributed by atoms with E-state index in [1.54, 1.807) is 17.4 Å². The van der Waals surface area contributed by atoms with E-state index in [0.29, 0.717) is 31.3 Å². The van der Waals surface area contributed by atoms with Gasteiger partial charge in [-0.15, -0.1) is 11.3 Å². The standard InChI is InChI=1S/C30H37NO5S/c1-4-6-19(13-20-9-10-21(16-32)36-20)8-11-26-27-23(18(2)3)14-24-28(25(27)17-35-26)30(34)31(29(24)33)15-22-7-5-12-37-22/h5,7,9-10,12-13,18,24-26,28,32H,4,6,8,11,14-17H2,1-3H3/b19-13+/t24-,25+,26-,28-/m1/s1. The monoisotopic (exact) mass is 523 g/mol. The Morgan fingerprint density at radius 3 is 2.70 bits per heavy atom. The fourth-order valence-corrected chi connectivity index (χ4v) is 7.10. The van der Waals surface area contributed by atoms with Crippen molar-refractivity contribution < 1.29 is 23.8 Å². The zero-order valence-corrected chi connectivity index (χ0v) is 22.8. The number of hydrogen-bond acceptors (Lipinski definition) is 6. The number of nitrogens with zero attached hydrogens (tertiary/aromatic N) is 1. The SMILES string of the molecule is CCC/C(=C\c1ccc(CO)o1)CC[C@H]1OC[C@H]2C1=C(C(C)C)C[C@H]1C(=O)N(Cc3cccs3)C(=O)[C@H]12. The minimum Gasteiger partial charge on any atom is -0.459 e. The van der Waals surface area contributed by atoms with Crippen molar-refractivity contribution in [2.45, 2.75) is 72.1 Å². The number of rotatable bonds is 10. The van der Waals surface area contributed by atoms with Crippen LogP contribution in [-0.2, 0) is 27.5 Å². The van der Waals surface area contributed by atoms with Gasteiger partial charge in [0.15, 0.2) is 0 Å². The number of carbonyl (C=O) groups excluding carboxylic acids is 2. The summed E-state index contributed by atoms with van der Waals surface area (Å²) in [6.45, 7) is 7.34. The summed E-state index contributed by atoms with van der Waals surface area (Å²) in [7, 11) is 0. The number of aliphatic hydroxyl groups excluding tert-OH is 1. The molecule has 198 valence electrons. The molecule has 0 saturated carbocycles. The Hall–Kier alpha value is -2.48. The predicted molar refractivity (Wildman–Crippen MR) is 143 cm³/mol. The number of ether oxygens (including phenoxy) is 1. The quantitative estimate of drug-likeness (QED) is 0.307. The molecule has 1 aliphatic carbocycles. The number of aliphatic hydroxyl groups is 1. The molecule has 37 heavy (non-hydrogen) atoms. The number of allylic oxidation sites excluding steroid dienone is 2. The van der Waals surface area contributed by atoms with E-state index < -0.39 is 0 Å². The summed E-state index contributed by atoms with van der Waals surface area (Å²) in [5.74, 6) is 1.01. The van der Waals surface area contributed by atoms with Gasteiger partial charge in [0.2, 0.25) is 11.8 Å². The number of thiophene rings is 1. The van der Waals surface area contributed by atoms with Gasteiger partial charge in [0.1, 0.15) is 18.1 Å². The van der Waals surface area contributed by atoms with Gasteiger partial charge in [-0.1, -0.05) is 44.4 Å². The first-order chi connectivity index (χ1) is 17.9. The van der Waals surface area contributed by atoms with Gasteiger partial charge in [0.05, 0.1) is 31.1 Å². The van der Waals surface area contributed by atoms with Crippen LogP contribution in [0.2, 0.25) is 0 Å². The molecule has 2 fully saturated rings. The number of amides is 2. The third-order valence-electron chi connectivity index (χ3n) is 8.11. The van der Waals surface area contributed by atoms with Gasteiger partial charge in [0, 0.05) is 10.8 Å². The molecule has 0 spiro atoms. The summed E-state index contributed by atoms with van der Waals surface area (Å²) in [5, 5.41) is 11.3. The number of fused-ring (bicyclic) bond motifs is 3. The number of furan rings is 1. The summed E-state index contributed by atoms with van der Waals surface area (Å²) in [4.78, 5) is 29.5. The van der Waals surface area contributed by atoms with Crippen molar-refractivity contribution in [2.24, 2.45) is 23.7 Å². The maximum absolute atomic E-state index is 13.6. The van der Waals surface area contributed by atoms with Crippen molar-refractivity contribution >= 4 is 29.2 Å². The average Bonchev–Trinajstić information content (AvgIpc) is 3.68. The largest absolute Gasteiger partial charge is 0.459 e. The first kappa shape index (κ1) is 26.1. The molecule has 6 nitrogen and oxygen atoms in total. The molecule has 0 aromatic carbocycles. The highest BCUT2D eigenvalue weighted by Crippen LogP contribution is 2.51. The maximum Gasteiger partial charge on any atom is 0.234 e. The number of imide groups is 1. The van der Waals surface area contributed by atoms with E-state index in [1.165, 1.54) is 21.6 Å². The van der Waals surface area contributed by atoms with Crippen LogP contribution in [0.25, 0.3) is 6.08 Å². The molecule has 2 aromatic heterocycles. The Balaban J connectivity index is 1.35. The van der Waals surface area contributed by atoms with Gasteiger partial charge in [-0.2, -0.15) is 0 Å². The summed E-state index contributed by atoms with van der Waals surface area (Å²) in [5.41, 5.74) is 3.89. The Bertz CT molecular complexity index is 1190. The van der Waals surface area contributed by atoms with E-state index in [-0.39, 0.29) is 42.3 Å². The van der Waals surface area contributed by atoms with E-state index >= 15 is 0 Å². The highest BCUT2D eigenvalue weighted by Gasteiger charge is 2.57. The van der Waals surface area contributed by atoms with Gasteiger partial charge >= 0.3 is 0 Å². The van der Waals surface area contributed by atoms with Gasteiger partial charge in [-0.05, 0) is 66.8 Å². The second-order valence-corrected chi connectivity index (χ2v) is 11.8. The zero-order valence-electron chi connectivity index (χ0n) is 21.9. The molecule has 3 aliphatic rings. The highest BCUT2D eigenvalue weighted by atomic mass is 32.1. The summed E-state index contributed by atoms with van der Waals surface area (Å²) >= 11 is 1.58. The summed E-state index contributed by atoms with van der Waals surface area (Å²) < 4.78 is 12.1. The molecule has 4 atom stereocenters. The molecule has 0 unspecified atom stereocenters. The van der Waals surface area contributed by atoms with Crippen LogP contribution in [0.15, 0.2) is 50.8 Å². The smallest absolute Gasteiger partial charge is 0.234 e. The van der Waals surface area contributed by atoms with Gasteiger partial charge in [0.25, 0.3) is 0 Å². The summed E-state index contributed by atoms with van der Waals surface area (Å²) in [6.07, 6.45) is 6.45. The Kier molecular flexibility index (Phi) is 7.84. The second-order valence-electron chi connectivity index (χ2n) is 10.8. The van der Waals surface area contributed by atoms with Crippen molar-refractivity contribution in [1.29, 1.82) is 0 Å². The van der Waals surface area contributed by atoms with Crippen molar-refractivity contribution in [3.63, 3.8) is 0 Å². The van der Waals surface area contributed by atoms with Crippen LogP contribution in [0.5, 0.6) is 0 Å². The molecule has 5 rings (SSSR count). The molecular weight excluding hydrogens is 486 g/mol. The van der Waals surface area contributed by atoms with E-state index in [4.69, 9.17) is 9.15 Å². The lowest BCUT2D eigenvalue weighted by Gasteiger charge is -2.33. The Morgan fingerprint density at radius 2 is 2.03 bits per heavy atom. The molecule has 2 aliphatic heterocycles. The van der Waals surface area contributed by atoms with Crippen LogP contribution in [0.1, 0.15) is 69.3 Å². The zero-order chi connectivity index (χ0) is 26.1. The van der Waals surface area contributed by atoms with Gasteiger partial charge in [-0.3, -0.25) is 14.5 Å². The third-order valence-corrected chi connectivity index (χ3v) is 8.97. The Morgan fingerprint density at radius 1 is 1.19 bits per heavy atom. The summed E-state index contributed by atoms with van der Waals surface area (Å²) in [6, 6.07) is 7.65. The van der Waals surface area contributed by atoms with E-state index in [9.17, 15) is 14.7 Å². The van der Waals surface area contributed by atoms with Crippen molar-refractivity contribution in [3.05, 3.63) is 62.8 Å². The fourth-order valence-electron chi connectivity index (χ4n) is 6.40. The molecule has 0 radical (unpaired) electrons. The molecule has 2 saturated heterocycles. The topological polar surface area (TPSA) is 80.0 Å². The number of likely N-dealkylation sites (tertiary alicyclic amines) is 1. The Labute approximate surface area is 223 Å². The highest BCUT2D eigenvalue weighted by molar-refractivity contribution is 7.09. The van der Waals surface area contributed by atoms with Crippen LogP contribution in [-0.4, -0.2) is 34.5 Å². The van der Waals surface area contributed by atoms with Crippen LogP contribution < -0.4 is 0 Å². The second kappa shape index (κ2) is 11.1. The minimum absolute atomic E-state index is 0.0123. The molecule has 2 aromatic rings. The average molecular weight is 524 g/mol. The minimum atomic E-state index is -0.305. The van der Waals surface area contributed by atoms with Crippen LogP contribution >= 0.6 is 11.3 Å². The maximum atomic E-state index is 13.6.